The summed E-state index contributed by atoms with van der Waals surface area (Å²) in [7, 11) is -4.39. The maximum atomic E-state index is 13.7. The van der Waals surface area contributed by atoms with Crippen LogP contribution in [0.4, 0.5) is 17.6 Å². The number of hydrogen-bond donors (Lipinski definition) is 2. The van der Waals surface area contributed by atoms with E-state index in [1.165, 1.54) is 31.2 Å². The van der Waals surface area contributed by atoms with Crippen LogP contribution in [-0.2, 0) is 26.4 Å². The second-order valence-corrected chi connectivity index (χ2v) is 10.5. The van der Waals surface area contributed by atoms with Crippen molar-refractivity contribution in [1.29, 1.82) is 0 Å². The largest absolute Gasteiger partial charge is 0.480 e. The van der Waals surface area contributed by atoms with E-state index in [9.17, 15) is 35.9 Å². The normalized spacial score (nSPS) is 23.3. The molecule has 0 aliphatic heterocycles. The second-order valence-electron chi connectivity index (χ2n) is 7.53. The number of aliphatic carboxylic acids is 1. The smallest absolute Gasteiger partial charge is 0.452 e. The Balaban J connectivity index is 1.63. The second kappa shape index (κ2) is 7.12. The highest BCUT2D eigenvalue weighted by atomic mass is 32.2. The first kappa shape index (κ1) is 22.4. The average molecular weight is 490 g/mol. The van der Waals surface area contributed by atoms with E-state index in [2.05, 4.69) is 14.4 Å². The summed E-state index contributed by atoms with van der Waals surface area (Å²) >= 11 is 0.602. The van der Waals surface area contributed by atoms with Crippen LogP contribution < -0.4 is 4.72 Å². The fraction of sp³-hybridized carbons (Fsp3) is 0.263. The highest BCUT2D eigenvalue weighted by molar-refractivity contribution is 7.91. The first-order valence-electron chi connectivity index (χ1n) is 8.96. The number of carboxylic acid groups (broad SMARTS) is 1. The summed E-state index contributed by atoms with van der Waals surface area (Å²) in [5.41, 5.74) is -3.02. The summed E-state index contributed by atoms with van der Waals surface area (Å²) in [4.78, 5) is 12.1. The highest BCUT2D eigenvalue weighted by Gasteiger charge is 2.72. The molecule has 1 aromatic carbocycles. The third kappa shape index (κ3) is 3.59. The Morgan fingerprint density at radius 1 is 1.25 bits per heavy atom. The molecule has 1 aliphatic carbocycles. The van der Waals surface area contributed by atoms with E-state index in [0.717, 1.165) is 12.1 Å². The predicted octanol–water partition coefficient (Wildman–Crippen LogP) is 4.02. The SMILES string of the molecule is C[C@]1(c2cccc(F)c2)C[C@@]1(NS(=O)(=O)c1ccc(-c2cc(C(F)(F)F)on2)s1)C(=O)O. The molecule has 4 rings (SSSR count). The van der Waals surface area contributed by atoms with Gasteiger partial charge in [-0.3, -0.25) is 4.79 Å². The van der Waals surface area contributed by atoms with Gasteiger partial charge in [0.05, 0.1) is 4.88 Å². The van der Waals surface area contributed by atoms with Crippen LogP contribution in [0.1, 0.15) is 24.7 Å². The van der Waals surface area contributed by atoms with Crippen LogP contribution in [0, 0.1) is 5.82 Å². The van der Waals surface area contributed by atoms with Gasteiger partial charge in [-0.25, -0.2) is 12.8 Å². The van der Waals surface area contributed by atoms with E-state index < -0.39 is 44.7 Å². The first-order chi connectivity index (χ1) is 14.8. The molecule has 32 heavy (non-hydrogen) atoms. The zero-order valence-corrected chi connectivity index (χ0v) is 17.7. The van der Waals surface area contributed by atoms with Gasteiger partial charge in [-0.15, -0.1) is 11.3 Å². The van der Waals surface area contributed by atoms with Gasteiger partial charge in [-0.05, 0) is 36.2 Å². The number of aromatic nitrogens is 1. The van der Waals surface area contributed by atoms with Crippen molar-refractivity contribution < 1.29 is 40.4 Å². The van der Waals surface area contributed by atoms with Crippen LogP contribution in [0.3, 0.4) is 0 Å². The quantitative estimate of drug-likeness (QED) is 0.505. The molecule has 1 saturated carbocycles. The number of halogens is 4. The number of nitrogens with zero attached hydrogens (tertiary/aromatic N) is 1. The van der Waals surface area contributed by atoms with E-state index in [1.54, 1.807) is 0 Å². The maximum Gasteiger partial charge on any atom is 0.452 e. The molecule has 13 heteroatoms. The molecule has 2 N–H and O–H groups in total. The number of hydrogen-bond acceptors (Lipinski definition) is 6. The molecular formula is C19H14F4N2O5S2. The Bertz CT molecular complexity index is 1320. The van der Waals surface area contributed by atoms with Crippen LogP contribution >= 0.6 is 11.3 Å². The minimum absolute atomic E-state index is 0.0812. The Morgan fingerprint density at radius 2 is 1.97 bits per heavy atom. The Morgan fingerprint density at radius 3 is 2.56 bits per heavy atom. The average Bonchev–Trinajstić information content (AvgIpc) is 3.12. The molecule has 0 bridgehead atoms. The Hall–Kier alpha value is -2.77. The zero-order chi connectivity index (χ0) is 23.5. The number of thiophene rings is 1. The molecule has 0 amide bonds. The number of benzene rings is 1. The van der Waals surface area contributed by atoms with Gasteiger partial charge >= 0.3 is 12.1 Å². The molecule has 170 valence electrons. The van der Waals surface area contributed by atoms with Crippen LogP contribution in [0.25, 0.3) is 10.6 Å². The lowest BCUT2D eigenvalue weighted by atomic mass is 9.93. The minimum atomic E-state index is -4.75. The van der Waals surface area contributed by atoms with Crippen molar-refractivity contribution in [3.8, 4) is 10.6 Å². The van der Waals surface area contributed by atoms with E-state index >= 15 is 0 Å². The van der Waals surface area contributed by atoms with Crippen LogP contribution in [0.5, 0.6) is 0 Å². The molecule has 0 saturated heterocycles. The van der Waals surface area contributed by atoms with Crippen molar-refractivity contribution in [2.24, 2.45) is 0 Å². The van der Waals surface area contributed by atoms with Gasteiger partial charge in [0.1, 0.15) is 21.3 Å². The lowest BCUT2D eigenvalue weighted by molar-refractivity contribution is -0.155. The van der Waals surface area contributed by atoms with E-state index in [1.807, 2.05) is 0 Å². The summed E-state index contributed by atoms with van der Waals surface area (Å²) in [6.07, 6.45) is -4.87. The topological polar surface area (TPSA) is 110 Å². The molecule has 1 aliphatic rings. The third-order valence-electron chi connectivity index (χ3n) is 5.46. The standard InChI is InChI=1S/C19H14F4N2O5S2/c1-17(10-3-2-4-11(20)7-10)9-18(17,16(26)27)25-32(28,29)15-6-5-13(31-15)12-8-14(30-24-12)19(21,22)23/h2-8,25H,9H2,1H3,(H,26,27)/t17-,18-/m1/s1. The van der Waals surface area contributed by atoms with Crippen LogP contribution in [0.2, 0.25) is 0 Å². The van der Waals surface area contributed by atoms with Gasteiger partial charge in [0.2, 0.25) is 5.76 Å². The van der Waals surface area contributed by atoms with E-state index in [-0.39, 0.29) is 21.2 Å². The Labute approximate surface area is 182 Å². The van der Waals surface area contributed by atoms with Crippen LogP contribution in [0.15, 0.2) is 51.2 Å². The third-order valence-corrected chi connectivity index (χ3v) is 8.55. The molecule has 3 aromatic rings. The van der Waals surface area contributed by atoms with Crippen molar-refractivity contribution in [3.63, 3.8) is 0 Å². The fourth-order valence-corrected chi connectivity index (χ4v) is 6.29. The summed E-state index contributed by atoms with van der Waals surface area (Å²) in [5, 5.41) is 13.1. The molecule has 2 aromatic heterocycles. The first-order valence-corrected chi connectivity index (χ1v) is 11.3. The number of nitrogens with one attached hydrogen (secondary N) is 1. The zero-order valence-electron chi connectivity index (χ0n) is 16.1. The molecule has 2 atom stereocenters. The lowest BCUT2D eigenvalue weighted by Crippen LogP contribution is -2.47. The number of carbonyl (C=O) groups is 1. The predicted molar refractivity (Wildman–Crippen MR) is 104 cm³/mol. The minimum Gasteiger partial charge on any atom is -0.480 e. The van der Waals surface area contributed by atoms with Gasteiger partial charge in [-0.2, -0.15) is 17.9 Å². The van der Waals surface area contributed by atoms with Crippen LogP contribution in [-0.4, -0.2) is 30.2 Å². The fourth-order valence-electron chi connectivity index (χ4n) is 3.58. The van der Waals surface area contributed by atoms with Gasteiger partial charge in [0.25, 0.3) is 10.0 Å². The Kier molecular flexibility index (Phi) is 4.99. The van der Waals surface area contributed by atoms with Crippen molar-refractivity contribution in [2.45, 2.75) is 34.7 Å². The molecule has 0 radical (unpaired) electrons. The van der Waals surface area contributed by atoms with Crippen molar-refractivity contribution >= 4 is 27.3 Å². The molecule has 0 unspecified atom stereocenters. The molecule has 2 heterocycles. The van der Waals surface area contributed by atoms with Crippen molar-refractivity contribution in [3.05, 3.63) is 59.6 Å². The molecule has 7 nitrogen and oxygen atoms in total. The maximum absolute atomic E-state index is 13.7. The molecule has 1 fully saturated rings. The lowest BCUT2D eigenvalue weighted by Gasteiger charge is -2.20. The van der Waals surface area contributed by atoms with Gasteiger partial charge in [-0.1, -0.05) is 24.2 Å². The van der Waals surface area contributed by atoms with E-state index in [0.29, 0.717) is 23.0 Å². The number of alkyl halides is 3. The monoisotopic (exact) mass is 490 g/mol. The number of carboxylic acids is 1. The summed E-state index contributed by atoms with van der Waals surface area (Å²) < 4.78 is 83.7. The molecule has 0 spiro atoms. The van der Waals surface area contributed by atoms with E-state index in [4.69, 9.17) is 0 Å². The summed E-state index contributed by atoms with van der Waals surface area (Å²) in [5.74, 6) is -3.36. The number of sulfonamides is 1. The van der Waals surface area contributed by atoms with Gasteiger partial charge in [0.15, 0.2) is 0 Å². The summed E-state index contributed by atoms with van der Waals surface area (Å²) in [6, 6.07) is 8.23. The number of rotatable bonds is 6. The van der Waals surface area contributed by atoms with Crippen molar-refractivity contribution in [2.75, 3.05) is 0 Å². The molecular weight excluding hydrogens is 476 g/mol. The van der Waals surface area contributed by atoms with Crippen molar-refractivity contribution in [1.82, 2.24) is 9.88 Å². The summed E-state index contributed by atoms with van der Waals surface area (Å²) in [6.45, 7) is 1.51. The van der Waals surface area contributed by atoms with Gasteiger partial charge in [0, 0.05) is 11.5 Å². The van der Waals surface area contributed by atoms with Gasteiger partial charge < -0.3 is 9.63 Å². The highest BCUT2D eigenvalue weighted by Crippen LogP contribution is 2.58.